The summed E-state index contributed by atoms with van der Waals surface area (Å²) >= 11 is 0. The molecular weight excluding hydrogens is 505 g/mol. The van der Waals surface area contributed by atoms with Gasteiger partial charge in [0.2, 0.25) is 0 Å². The van der Waals surface area contributed by atoms with E-state index in [1.165, 1.54) is 57.8 Å². The Morgan fingerprint density at radius 1 is 0.550 bits per heavy atom. The summed E-state index contributed by atoms with van der Waals surface area (Å²) in [6.07, 6.45) is 21.3. The van der Waals surface area contributed by atoms with Crippen LogP contribution in [0.15, 0.2) is 0 Å². The van der Waals surface area contributed by atoms with Gasteiger partial charge in [0.25, 0.3) is 0 Å². The van der Waals surface area contributed by atoms with E-state index >= 15 is 8.78 Å². The highest BCUT2D eigenvalue weighted by Gasteiger charge is 2.46. The molecule has 0 bridgehead atoms. The number of alkyl halides is 3. The second kappa shape index (κ2) is 17.1. The fourth-order valence-corrected chi connectivity index (χ4v) is 9.30. The number of ether oxygens (including phenoxy) is 1. The third-order valence-corrected chi connectivity index (χ3v) is 12.1. The lowest BCUT2D eigenvalue weighted by atomic mass is 9.63. The normalized spacial score (nSPS) is 41.2. The summed E-state index contributed by atoms with van der Waals surface area (Å²) in [4.78, 5) is 0. The zero-order valence-electron chi connectivity index (χ0n) is 26.2. The van der Waals surface area contributed by atoms with Crippen LogP contribution in [-0.2, 0) is 4.74 Å². The predicted octanol–water partition coefficient (Wildman–Crippen LogP) is 11.4. The fourth-order valence-electron chi connectivity index (χ4n) is 9.30. The van der Waals surface area contributed by atoms with E-state index in [2.05, 4.69) is 13.8 Å². The molecule has 4 fully saturated rings. The van der Waals surface area contributed by atoms with Gasteiger partial charge >= 0.3 is 0 Å². The Kier molecular flexibility index (Phi) is 14.0. The van der Waals surface area contributed by atoms with Crippen molar-refractivity contribution >= 4 is 0 Å². The van der Waals surface area contributed by atoms with Crippen LogP contribution < -0.4 is 0 Å². The molecule has 7 unspecified atom stereocenters. The van der Waals surface area contributed by atoms with E-state index in [4.69, 9.17) is 4.74 Å². The highest BCUT2D eigenvalue weighted by Crippen LogP contribution is 2.48. The Bertz CT molecular complexity index is 671. The molecule has 4 aliphatic carbocycles. The van der Waals surface area contributed by atoms with Gasteiger partial charge in [0.1, 0.15) is 18.5 Å². The van der Waals surface area contributed by atoms with E-state index in [1.54, 1.807) is 0 Å². The number of hydrogen-bond donors (Lipinski definition) is 0. The zero-order chi connectivity index (χ0) is 28.3. The topological polar surface area (TPSA) is 9.23 Å². The third-order valence-electron chi connectivity index (χ3n) is 12.1. The molecule has 1 nitrogen and oxygen atoms in total. The zero-order valence-corrected chi connectivity index (χ0v) is 26.2. The molecule has 0 aromatic rings. The summed E-state index contributed by atoms with van der Waals surface area (Å²) in [6.45, 7) is 5.26. The van der Waals surface area contributed by atoms with Gasteiger partial charge in [0, 0.05) is 6.61 Å². The highest BCUT2D eigenvalue weighted by molar-refractivity contribution is 4.95. The van der Waals surface area contributed by atoms with E-state index in [0.29, 0.717) is 35.7 Å². The Balaban J connectivity index is 1.11. The van der Waals surface area contributed by atoms with Crippen LogP contribution in [0.1, 0.15) is 155 Å². The summed E-state index contributed by atoms with van der Waals surface area (Å²) in [5.74, 6) is 2.15. The summed E-state index contributed by atoms with van der Waals surface area (Å²) in [6, 6.07) is 0. The maximum absolute atomic E-state index is 15.6. The molecule has 0 radical (unpaired) electrons. The van der Waals surface area contributed by atoms with Crippen LogP contribution in [0, 0.1) is 41.4 Å². The lowest BCUT2D eigenvalue weighted by Gasteiger charge is -2.44. The van der Waals surface area contributed by atoms with Crippen molar-refractivity contribution in [3.8, 4) is 0 Å². The molecule has 0 heterocycles. The van der Waals surface area contributed by atoms with Crippen LogP contribution in [0.4, 0.5) is 13.2 Å². The van der Waals surface area contributed by atoms with Crippen molar-refractivity contribution in [1.82, 2.24) is 0 Å². The van der Waals surface area contributed by atoms with E-state index in [1.807, 2.05) is 0 Å². The summed E-state index contributed by atoms with van der Waals surface area (Å²) in [5, 5.41) is 0. The Morgan fingerprint density at radius 2 is 1.12 bits per heavy atom. The Labute approximate surface area is 245 Å². The van der Waals surface area contributed by atoms with Crippen LogP contribution in [0.25, 0.3) is 0 Å². The molecule has 0 saturated heterocycles. The molecular formula is C36H63F3O. The van der Waals surface area contributed by atoms with Gasteiger partial charge in [-0.2, -0.15) is 0 Å². The molecule has 7 atom stereocenters. The average molecular weight is 569 g/mol. The second-order valence-corrected chi connectivity index (χ2v) is 14.7. The second-order valence-electron chi connectivity index (χ2n) is 14.7. The first-order chi connectivity index (χ1) is 19.5. The fraction of sp³-hybridized carbons (Fsp3) is 1.00. The lowest BCUT2D eigenvalue weighted by molar-refractivity contribution is -0.0487. The first kappa shape index (κ1) is 32.7. The Morgan fingerprint density at radius 3 is 1.73 bits per heavy atom. The average Bonchev–Trinajstić information content (AvgIpc) is 2.97. The largest absolute Gasteiger partial charge is 0.378 e. The molecule has 0 aliphatic heterocycles. The van der Waals surface area contributed by atoms with Crippen molar-refractivity contribution in [2.24, 2.45) is 41.4 Å². The molecule has 4 aliphatic rings. The predicted molar refractivity (Wildman–Crippen MR) is 162 cm³/mol. The number of hydrogen-bond acceptors (Lipinski definition) is 1. The van der Waals surface area contributed by atoms with E-state index in [0.717, 1.165) is 90.1 Å². The van der Waals surface area contributed by atoms with Crippen molar-refractivity contribution < 1.29 is 17.9 Å². The van der Waals surface area contributed by atoms with Crippen molar-refractivity contribution in [2.45, 2.75) is 180 Å². The van der Waals surface area contributed by atoms with Crippen LogP contribution in [0.5, 0.6) is 0 Å². The summed E-state index contributed by atoms with van der Waals surface area (Å²) in [7, 11) is 0. The molecule has 40 heavy (non-hydrogen) atoms. The lowest BCUT2D eigenvalue weighted by Crippen LogP contribution is -2.45. The Hall–Kier alpha value is -0.250. The molecule has 4 rings (SSSR count). The summed E-state index contributed by atoms with van der Waals surface area (Å²) in [5.41, 5.74) is 0. The molecule has 234 valence electrons. The number of halogens is 3. The van der Waals surface area contributed by atoms with Gasteiger partial charge in [0.15, 0.2) is 0 Å². The van der Waals surface area contributed by atoms with Crippen molar-refractivity contribution in [3.63, 3.8) is 0 Å². The van der Waals surface area contributed by atoms with Crippen LogP contribution in [-0.4, -0.2) is 31.2 Å². The van der Waals surface area contributed by atoms with E-state index < -0.39 is 18.5 Å². The number of rotatable bonds is 14. The quantitative estimate of drug-likeness (QED) is 0.189. The van der Waals surface area contributed by atoms with Crippen molar-refractivity contribution in [3.05, 3.63) is 0 Å². The van der Waals surface area contributed by atoms with Gasteiger partial charge in [-0.3, -0.25) is 0 Å². The first-order valence-electron chi connectivity index (χ1n) is 18.0. The van der Waals surface area contributed by atoms with Crippen LogP contribution in [0.2, 0.25) is 0 Å². The van der Waals surface area contributed by atoms with Crippen LogP contribution in [0.3, 0.4) is 0 Å². The monoisotopic (exact) mass is 568 g/mol. The van der Waals surface area contributed by atoms with Crippen molar-refractivity contribution in [2.75, 3.05) is 6.61 Å². The standard InChI is InChI=1S/C36H63F3O/c1-3-5-7-8-9-30-17-14-27(25-34(30)37)11-10-26-12-15-28(16-13-26)32-22-23-33(36(39)35(32)38)29-18-20-31(21-19-29)40-24-6-4-2/h26-36H,3-25H2,1-2H3. The van der Waals surface area contributed by atoms with Gasteiger partial charge in [-0.25, -0.2) is 13.2 Å². The van der Waals surface area contributed by atoms with Crippen molar-refractivity contribution in [1.29, 1.82) is 0 Å². The van der Waals surface area contributed by atoms with Gasteiger partial charge in [0.05, 0.1) is 6.10 Å². The minimum absolute atomic E-state index is 0.0687. The third kappa shape index (κ3) is 9.37. The molecule has 0 aromatic carbocycles. The maximum atomic E-state index is 15.6. The molecule has 0 spiro atoms. The minimum atomic E-state index is -1.27. The molecule has 4 saturated carbocycles. The van der Waals surface area contributed by atoms with Gasteiger partial charge < -0.3 is 4.74 Å². The van der Waals surface area contributed by atoms with Gasteiger partial charge in [-0.1, -0.05) is 71.6 Å². The maximum Gasteiger partial charge on any atom is 0.134 e. The minimum Gasteiger partial charge on any atom is -0.378 e. The smallest absolute Gasteiger partial charge is 0.134 e. The first-order valence-corrected chi connectivity index (χ1v) is 18.0. The van der Waals surface area contributed by atoms with E-state index in [-0.39, 0.29) is 11.8 Å². The highest BCUT2D eigenvalue weighted by atomic mass is 19.2. The molecule has 4 heteroatoms. The van der Waals surface area contributed by atoms with Crippen LogP contribution >= 0.6 is 0 Å². The molecule has 0 aromatic heterocycles. The summed E-state index contributed by atoms with van der Waals surface area (Å²) < 4.78 is 51.9. The van der Waals surface area contributed by atoms with E-state index in [9.17, 15) is 4.39 Å². The number of unbranched alkanes of at least 4 members (excludes halogenated alkanes) is 4. The molecule has 0 amide bonds. The molecule has 0 N–H and O–H groups in total. The SMILES string of the molecule is CCCCCCC1CCC(CCC2CCC(C3CCC(C4CCC(OCCCC)CC4)C(F)C3F)CC2)CC1F. The van der Waals surface area contributed by atoms with Gasteiger partial charge in [-0.15, -0.1) is 0 Å². The van der Waals surface area contributed by atoms with Gasteiger partial charge in [-0.05, 0) is 125 Å².